The van der Waals surface area contributed by atoms with Gasteiger partial charge in [0, 0.05) is 6.20 Å². The van der Waals surface area contributed by atoms with Gasteiger partial charge in [0.2, 0.25) is 0 Å². The van der Waals surface area contributed by atoms with Gasteiger partial charge in [-0.25, -0.2) is 0 Å². The molecule has 0 aromatic carbocycles. The van der Waals surface area contributed by atoms with E-state index >= 15 is 0 Å². The lowest BCUT2D eigenvalue weighted by atomic mass is 10.1. The number of rotatable bonds is 4. The SMILES string of the molecule is C=C(C)c1ccnc(C(C)OS(C)(=O)=O)c1. The van der Waals surface area contributed by atoms with Crippen LogP contribution in [0.25, 0.3) is 5.57 Å². The number of hydrogen-bond acceptors (Lipinski definition) is 4. The van der Waals surface area contributed by atoms with Gasteiger partial charge in [0.05, 0.1) is 11.9 Å². The first-order valence-electron chi connectivity index (χ1n) is 4.79. The molecule has 1 unspecified atom stereocenters. The first-order valence-corrected chi connectivity index (χ1v) is 6.61. The maximum Gasteiger partial charge on any atom is 0.265 e. The Morgan fingerprint density at radius 2 is 2.19 bits per heavy atom. The van der Waals surface area contributed by atoms with Gasteiger partial charge in [-0.1, -0.05) is 12.2 Å². The highest BCUT2D eigenvalue weighted by Gasteiger charge is 2.14. The molecule has 1 heterocycles. The minimum Gasteiger partial charge on any atom is -0.261 e. The molecule has 88 valence electrons. The van der Waals surface area contributed by atoms with Gasteiger partial charge in [0.1, 0.15) is 6.10 Å². The number of aromatic nitrogens is 1. The molecule has 4 nitrogen and oxygen atoms in total. The van der Waals surface area contributed by atoms with Gasteiger partial charge >= 0.3 is 0 Å². The molecule has 16 heavy (non-hydrogen) atoms. The van der Waals surface area contributed by atoms with E-state index in [0.29, 0.717) is 5.69 Å². The molecule has 0 amide bonds. The van der Waals surface area contributed by atoms with Gasteiger partial charge in [-0.15, -0.1) is 0 Å². The number of pyridine rings is 1. The summed E-state index contributed by atoms with van der Waals surface area (Å²) >= 11 is 0. The Balaban J connectivity index is 2.96. The number of allylic oxidation sites excluding steroid dienone is 1. The second kappa shape index (κ2) is 4.76. The highest BCUT2D eigenvalue weighted by atomic mass is 32.2. The highest BCUT2D eigenvalue weighted by molar-refractivity contribution is 7.86. The standard InChI is InChI=1S/C11H15NO3S/c1-8(2)10-5-6-12-11(7-10)9(3)15-16(4,13)14/h5-7,9H,1H2,2-4H3. The van der Waals surface area contributed by atoms with Crippen molar-refractivity contribution < 1.29 is 12.6 Å². The molecule has 0 radical (unpaired) electrons. The molecule has 1 aromatic heterocycles. The zero-order valence-corrected chi connectivity index (χ0v) is 10.4. The summed E-state index contributed by atoms with van der Waals surface area (Å²) in [6, 6.07) is 3.59. The Hall–Kier alpha value is -1.20. The monoisotopic (exact) mass is 241 g/mol. The van der Waals surface area contributed by atoms with E-state index in [9.17, 15) is 8.42 Å². The van der Waals surface area contributed by atoms with E-state index in [1.165, 1.54) is 0 Å². The Bertz CT molecular complexity index is 494. The van der Waals surface area contributed by atoms with Crippen molar-refractivity contribution in [3.8, 4) is 0 Å². The first-order chi connectivity index (χ1) is 7.29. The van der Waals surface area contributed by atoms with Crippen molar-refractivity contribution in [3.05, 3.63) is 36.2 Å². The summed E-state index contributed by atoms with van der Waals surface area (Å²) in [6.45, 7) is 7.33. The van der Waals surface area contributed by atoms with Crippen LogP contribution in [0.1, 0.15) is 31.2 Å². The molecule has 5 heteroatoms. The fourth-order valence-electron chi connectivity index (χ4n) is 1.25. The molecule has 0 fully saturated rings. The third-order valence-corrected chi connectivity index (χ3v) is 2.65. The summed E-state index contributed by atoms with van der Waals surface area (Å²) in [6.07, 6.45) is 2.04. The molecule has 1 atom stereocenters. The summed E-state index contributed by atoms with van der Waals surface area (Å²) in [5.41, 5.74) is 2.40. The quantitative estimate of drug-likeness (QED) is 0.758. The third kappa shape index (κ3) is 3.75. The molecule has 0 saturated carbocycles. The van der Waals surface area contributed by atoms with E-state index in [2.05, 4.69) is 11.6 Å². The smallest absolute Gasteiger partial charge is 0.261 e. The normalized spacial score (nSPS) is 13.4. The molecule has 0 spiro atoms. The molecular weight excluding hydrogens is 226 g/mol. The summed E-state index contributed by atoms with van der Waals surface area (Å²) in [5.74, 6) is 0. The van der Waals surface area contributed by atoms with Gasteiger partial charge in [-0.3, -0.25) is 9.17 Å². The molecule has 0 aliphatic rings. The van der Waals surface area contributed by atoms with Crippen LogP contribution in [0.5, 0.6) is 0 Å². The average Bonchev–Trinajstić information content (AvgIpc) is 2.15. The fraction of sp³-hybridized carbons (Fsp3) is 0.364. The van der Waals surface area contributed by atoms with Crippen LogP contribution in [0.3, 0.4) is 0 Å². The Kier molecular flexibility index (Phi) is 3.83. The molecule has 0 aliphatic heterocycles. The molecule has 1 aromatic rings. The largest absolute Gasteiger partial charge is 0.265 e. The second-order valence-electron chi connectivity index (χ2n) is 3.69. The van der Waals surface area contributed by atoms with Crippen LogP contribution < -0.4 is 0 Å². The first kappa shape index (κ1) is 12.9. The fourth-order valence-corrected chi connectivity index (χ4v) is 1.87. The lowest BCUT2D eigenvalue weighted by Crippen LogP contribution is -2.09. The summed E-state index contributed by atoms with van der Waals surface area (Å²) < 4.78 is 26.8. The lowest BCUT2D eigenvalue weighted by molar-refractivity contribution is 0.232. The Morgan fingerprint density at radius 1 is 1.56 bits per heavy atom. The maximum atomic E-state index is 11.0. The van der Waals surface area contributed by atoms with Crippen LogP contribution in [0.4, 0.5) is 0 Å². The van der Waals surface area contributed by atoms with Crippen molar-refractivity contribution in [2.75, 3.05) is 6.26 Å². The van der Waals surface area contributed by atoms with Crippen molar-refractivity contribution in [2.24, 2.45) is 0 Å². The highest BCUT2D eigenvalue weighted by Crippen LogP contribution is 2.20. The summed E-state index contributed by atoms with van der Waals surface area (Å²) in [4.78, 5) is 4.08. The van der Waals surface area contributed by atoms with Gasteiger partial charge in [-0.05, 0) is 31.5 Å². The van der Waals surface area contributed by atoms with E-state index in [4.69, 9.17) is 4.18 Å². The maximum absolute atomic E-state index is 11.0. The summed E-state index contributed by atoms with van der Waals surface area (Å²) in [5, 5.41) is 0. The minimum atomic E-state index is -3.47. The molecule has 0 bridgehead atoms. The van der Waals surface area contributed by atoms with Gasteiger partial charge in [0.15, 0.2) is 0 Å². The Labute approximate surface area is 96.1 Å². The van der Waals surface area contributed by atoms with Crippen LogP contribution in [-0.2, 0) is 14.3 Å². The van der Waals surface area contributed by atoms with Crippen molar-refractivity contribution in [1.29, 1.82) is 0 Å². The van der Waals surface area contributed by atoms with E-state index in [1.54, 1.807) is 19.2 Å². The van der Waals surface area contributed by atoms with Crippen LogP contribution in [0.2, 0.25) is 0 Å². The number of nitrogens with zero attached hydrogens (tertiary/aromatic N) is 1. The zero-order chi connectivity index (χ0) is 12.3. The number of hydrogen-bond donors (Lipinski definition) is 0. The predicted molar refractivity (Wildman–Crippen MR) is 63.3 cm³/mol. The van der Waals surface area contributed by atoms with Crippen molar-refractivity contribution in [1.82, 2.24) is 4.98 Å². The molecule has 0 saturated heterocycles. The van der Waals surface area contributed by atoms with Crippen LogP contribution in [-0.4, -0.2) is 19.7 Å². The minimum absolute atomic E-state index is 0.575. The average molecular weight is 241 g/mol. The van der Waals surface area contributed by atoms with E-state index in [0.717, 1.165) is 17.4 Å². The molecule has 0 N–H and O–H groups in total. The van der Waals surface area contributed by atoms with Crippen molar-refractivity contribution in [3.63, 3.8) is 0 Å². The van der Waals surface area contributed by atoms with Crippen molar-refractivity contribution in [2.45, 2.75) is 20.0 Å². The van der Waals surface area contributed by atoms with E-state index < -0.39 is 16.2 Å². The predicted octanol–water partition coefficient (Wildman–Crippen LogP) is 2.15. The van der Waals surface area contributed by atoms with E-state index in [1.807, 2.05) is 13.0 Å². The third-order valence-electron chi connectivity index (χ3n) is 2.01. The van der Waals surface area contributed by atoms with Crippen LogP contribution in [0, 0.1) is 0 Å². The molecule has 0 aliphatic carbocycles. The second-order valence-corrected chi connectivity index (χ2v) is 5.29. The summed E-state index contributed by atoms with van der Waals surface area (Å²) in [7, 11) is -3.47. The van der Waals surface area contributed by atoms with Crippen molar-refractivity contribution >= 4 is 15.7 Å². The van der Waals surface area contributed by atoms with Gasteiger partial charge < -0.3 is 0 Å². The van der Waals surface area contributed by atoms with Crippen LogP contribution in [0.15, 0.2) is 24.9 Å². The van der Waals surface area contributed by atoms with Gasteiger partial charge in [0.25, 0.3) is 10.1 Å². The molecule has 1 rings (SSSR count). The lowest BCUT2D eigenvalue weighted by Gasteiger charge is -2.11. The zero-order valence-electron chi connectivity index (χ0n) is 9.60. The van der Waals surface area contributed by atoms with E-state index in [-0.39, 0.29) is 0 Å². The Morgan fingerprint density at radius 3 is 2.69 bits per heavy atom. The topological polar surface area (TPSA) is 56.3 Å². The van der Waals surface area contributed by atoms with Crippen LogP contribution >= 0.6 is 0 Å². The van der Waals surface area contributed by atoms with Gasteiger partial charge in [-0.2, -0.15) is 8.42 Å². The molecular formula is C11H15NO3S.